The first-order chi connectivity index (χ1) is 15.7. The van der Waals surface area contributed by atoms with Crippen molar-refractivity contribution in [3.63, 3.8) is 0 Å². The number of nitrogens with zero attached hydrogens (tertiary/aromatic N) is 3. The van der Waals surface area contributed by atoms with Crippen molar-refractivity contribution in [1.29, 1.82) is 0 Å². The van der Waals surface area contributed by atoms with Crippen molar-refractivity contribution in [3.05, 3.63) is 54.9 Å². The van der Waals surface area contributed by atoms with Crippen molar-refractivity contribution in [2.24, 2.45) is 5.92 Å². The molecule has 1 fully saturated rings. The van der Waals surface area contributed by atoms with Crippen LogP contribution in [0.3, 0.4) is 0 Å². The molecule has 0 unspecified atom stereocenters. The third-order valence-corrected chi connectivity index (χ3v) is 5.48. The van der Waals surface area contributed by atoms with E-state index in [9.17, 15) is 9.59 Å². The number of fused-ring (bicyclic) bond motifs is 1. The van der Waals surface area contributed by atoms with Gasteiger partial charge in [0.15, 0.2) is 6.61 Å². The maximum atomic E-state index is 12.9. The van der Waals surface area contributed by atoms with Crippen LogP contribution in [0.4, 0.5) is 11.5 Å². The van der Waals surface area contributed by atoms with Gasteiger partial charge in [-0.05, 0) is 44.0 Å². The minimum atomic E-state index is -0.446. The lowest BCUT2D eigenvalue weighted by atomic mass is 9.95. The topological polar surface area (TPSA) is 93.6 Å². The second-order valence-electron chi connectivity index (χ2n) is 7.55. The summed E-state index contributed by atoms with van der Waals surface area (Å²) in [6.07, 6.45) is 3.02. The van der Waals surface area contributed by atoms with E-state index < -0.39 is 5.97 Å². The molecule has 1 N–H and O–H groups in total. The number of hydrogen-bond donors (Lipinski definition) is 1. The molecule has 1 saturated heterocycles. The van der Waals surface area contributed by atoms with E-state index in [0.717, 1.165) is 42.7 Å². The lowest BCUT2D eigenvalue weighted by Gasteiger charge is -2.32. The van der Waals surface area contributed by atoms with Crippen LogP contribution in [-0.4, -0.2) is 48.1 Å². The van der Waals surface area contributed by atoms with E-state index in [1.807, 2.05) is 30.3 Å². The van der Waals surface area contributed by atoms with Crippen LogP contribution in [0, 0.1) is 5.92 Å². The maximum Gasteiger partial charge on any atom is 0.344 e. The largest absolute Gasteiger partial charge is 0.480 e. The van der Waals surface area contributed by atoms with Crippen LogP contribution in [0.15, 0.2) is 54.9 Å². The average Bonchev–Trinajstić information content (AvgIpc) is 2.83. The first kappa shape index (κ1) is 21.5. The number of nitrogens with one attached hydrogen (secondary N) is 1. The molecule has 0 saturated carbocycles. The molecule has 32 heavy (non-hydrogen) atoms. The second-order valence-corrected chi connectivity index (χ2v) is 7.55. The first-order valence-corrected chi connectivity index (χ1v) is 10.8. The Bertz CT molecular complexity index is 1090. The molecular weight excluding hydrogens is 408 g/mol. The second kappa shape index (κ2) is 10.1. The molecule has 2 heterocycles. The number of esters is 1. The highest BCUT2D eigenvalue weighted by Gasteiger charge is 2.27. The smallest absolute Gasteiger partial charge is 0.344 e. The van der Waals surface area contributed by atoms with E-state index >= 15 is 0 Å². The average molecular weight is 434 g/mol. The zero-order valence-electron chi connectivity index (χ0n) is 18.0. The molecule has 4 rings (SSSR count). The van der Waals surface area contributed by atoms with Gasteiger partial charge in [0.2, 0.25) is 5.91 Å². The number of piperidine rings is 1. The molecule has 1 aliphatic rings. The summed E-state index contributed by atoms with van der Waals surface area (Å²) in [5.41, 5.74) is 1.46. The van der Waals surface area contributed by atoms with E-state index in [1.54, 1.807) is 31.5 Å². The van der Waals surface area contributed by atoms with Crippen LogP contribution < -0.4 is 15.0 Å². The Labute approximate surface area is 186 Å². The van der Waals surface area contributed by atoms with Crippen molar-refractivity contribution in [2.75, 3.05) is 36.5 Å². The lowest BCUT2D eigenvalue weighted by molar-refractivity contribution is -0.145. The number of amides is 1. The summed E-state index contributed by atoms with van der Waals surface area (Å²) in [5, 5.41) is 3.98. The summed E-state index contributed by atoms with van der Waals surface area (Å²) in [6, 6.07) is 15.0. The van der Waals surface area contributed by atoms with E-state index in [2.05, 4.69) is 20.2 Å². The van der Waals surface area contributed by atoms with Crippen LogP contribution >= 0.6 is 0 Å². The molecule has 166 valence electrons. The van der Waals surface area contributed by atoms with E-state index in [-0.39, 0.29) is 18.4 Å². The summed E-state index contributed by atoms with van der Waals surface area (Å²) in [5.74, 6) is 0.742. The molecule has 0 aliphatic carbocycles. The van der Waals surface area contributed by atoms with E-state index in [4.69, 9.17) is 9.47 Å². The quantitative estimate of drug-likeness (QED) is 0.570. The fourth-order valence-corrected chi connectivity index (χ4v) is 3.87. The molecule has 3 aromatic rings. The molecule has 0 radical (unpaired) electrons. The highest BCUT2D eigenvalue weighted by molar-refractivity contribution is 5.94. The van der Waals surface area contributed by atoms with Crippen LogP contribution in [0.1, 0.15) is 19.8 Å². The predicted molar refractivity (Wildman–Crippen MR) is 122 cm³/mol. The van der Waals surface area contributed by atoms with Crippen molar-refractivity contribution in [2.45, 2.75) is 19.8 Å². The van der Waals surface area contributed by atoms with Gasteiger partial charge in [0, 0.05) is 24.4 Å². The standard InChI is InChI=1S/C24H26N4O4/c1-2-31-22(29)15-32-21-10-6-5-9-20(21)27-24(30)17-11-13-28(14-12-17)23-18-7-3-4-8-19(18)25-16-26-23/h3-10,16-17H,2,11-15H2,1H3,(H,27,30). The van der Waals surface area contributed by atoms with Crippen LogP contribution in [0.5, 0.6) is 5.75 Å². The summed E-state index contributed by atoms with van der Waals surface area (Å²) in [6.45, 7) is 3.31. The number of para-hydroxylation sites is 3. The summed E-state index contributed by atoms with van der Waals surface area (Å²) in [4.78, 5) is 35.5. The zero-order valence-corrected chi connectivity index (χ0v) is 18.0. The van der Waals surface area contributed by atoms with Gasteiger partial charge in [0.1, 0.15) is 17.9 Å². The predicted octanol–water partition coefficient (Wildman–Crippen LogP) is 3.43. The van der Waals surface area contributed by atoms with Gasteiger partial charge in [-0.15, -0.1) is 0 Å². The van der Waals surface area contributed by atoms with Crippen LogP contribution in [0.2, 0.25) is 0 Å². The van der Waals surface area contributed by atoms with Gasteiger partial charge in [0.05, 0.1) is 17.8 Å². The van der Waals surface area contributed by atoms with Gasteiger partial charge in [-0.25, -0.2) is 14.8 Å². The number of carbonyl (C=O) groups excluding carboxylic acids is 2. The minimum Gasteiger partial charge on any atom is -0.480 e. The van der Waals surface area contributed by atoms with E-state index in [1.165, 1.54) is 0 Å². The third-order valence-electron chi connectivity index (χ3n) is 5.48. The maximum absolute atomic E-state index is 12.9. The Balaban J connectivity index is 1.37. The highest BCUT2D eigenvalue weighted by Crippen LogP contribution is 2.29. The molecule has 0 spiro atoms. The van der Waals surface area contributed by atoms with Gasteiger partial charge >= 0.3 is 5.97 Å². The van der Waals surface area contributed by atoms with E-state index in [0.29, 0.717) is 18.0 Å². The molecule has 8 nitrogen and oxygen atoms in total. The van der Waals surface area contributed by atoms with Crippen molar-refractivity contribution < 1.29 is 19.1 Å². The number of hydrogen-bond acceptors (Lipinski definition) is 7. The number of ether oxygens (including phenoxy) is 2. The monoisotopic (exact) mass is 434 g/mol. The van der Waals surface area contributed by atoms with Crippen LogP contribution in [0.25, 0.3) is 10.9 Å². The first-order valence-electron chi connectivity index (χ1n) is 10.8. The molecule has 1 amide bonds. The summed E-state index contributed by atoms with van der Waals surface area (Å²) in [7, 11) is 0. The van der Waals surface area contributed by atoms with Gasteiger partial charge in [-0.1, -0.05) is 24.3 Å². The van der Waals surface area contributed by atoms with Crippen molar-refractivity contribution in [3.8, 4) is 5.75 Å². The molecule has 2 aromatic carbocycles. The van der Waals surface area contributed by atoms with Crippen molar-refractivity contribution >= 4 is 34.3 Å². The lowest BCUT2D eigenvalue weighted by Crippen LogP contribution is -2.38. The number of benzene rings is 2. The molecule has 8 heteroatoms. The number of anilines is 2. The SMILES string of the molecule is CCOC(=O)COc1ccccc1NC(=O)C1CCN(c2ncnc3ccccc23)CC1. The molecule has 0 bridgehead atoms. The van der Waals surface area contributed by atoms with Gasteiger partial charge in [-0.2, -0.15) is 0 Å². The van der Waals surface area contributed by atoms with Crippen LogP contribution in [-0.2, 0) is 14.3 Å². The van der Waals surface area contributed by atoms with Gasteiger partial charge in [0.25, 0.3) is 0 Å². The fourth-order valence-electron chi connectivity index (χ4n) is 3.87. The number of carbonyl (C=O) groups is 2. The minimum absolute atomic E-state index is 0.0515. The van der Waals surface area contributed by atoms with Gasteiger partial charge < -0.3 is 19.7 Å². The van der Waals surface area contributed by atoms with Gasteiger partial charge in [-0.3, -0.25) is 4.79 Å². The Kier molecular flexibility index (Phi) is 6.79. The summed E-state index contributed by atoms with van der Waals surface area (Å²) < 4.78 is 10.4. The highest BCUT2D eigenvalue weighted by atomic mass is 16.6. The summed E-state index contributed by atoms with van der Waals surface area (Å²) >= 11 is 0. The Morgan fingerprint density at radius 3 is 2.62 bits per heavy atom. The third kappa shape index (κ3) is 4.96. The fraction of sp³-hybridized carbons (Fsp3) is 0.333. The molecule has 0 atom stereocenters. The molecule has 1 aromatic heterocycles. The number of rotatable bonds is 7. The van der Waals surface area contributed by atoms with Crippen molar-refractivity contribution in [1.82, 2.24) is 9.97 Å². The molecular formula is C24H26N4O4. The molecule has 1 aliphatic heterocycles. The zero-order chi connectivity index (χ0) is 22.3. The Morgan fingerprint density at radius 1 is 1.06 bits per heavy atom. The number of aromatic nitrogens is 2. The Hall–Kier alpha value is -3.68. The normalized spacial score (nSPS) is 14.2. The Morgan fingerprint density at radius 2 is 1.81 bits per heavy atom.